The number of ether oxygens (including phenoxy) is 1. The van der Waals surface area contributed by atoms with E-state index in [0.29, 0.717) is 22.3 Å². The second-order valence-electron chi connectivity index (χ2n) is 10.0. The quantitative estimate of drug-likeness (QED) is 0.344. The number of phenols is 1. The van der Waals surface area contributed by atoms with E-state index in [1.165, 1.54) is 13.2 Å². The third-order valence-electron chi connectivity index (χ3n) is 7.82. The fourth-order valence-corrected chi connectivity index (χ4v) is 6.07. The van der Waals surface area contributed by atoms with E-state index in [0.717, 1.165) is 6.92 Å². The Bertz CT molecular complexity index is 1500. The van der Waals surface area contributed by atoms with E-state index >= 15 is 0 Å². The number of phenolic OH excluding ortho intramolecular Hbond substituents is 1. The summed E-state index contributed by atoms with van der Waals surface area (Å²) in [5.41, 5.74) is -1.21. The van der Waals surface area contributed by atoms with Crippen molar-refractivity contribution in [3.8, 4) is 16.9 Å². The summed E-state index contributed by atoms with van der Waals surface area (Å²) in [6.45, 7) is 0.975. The number of hydrogen-bond acceptors (Lipinski definition) is 9. The molecule has 2 aromatic rings. The van der Waals surface area contributed by atoms with Gasteiger partial charge in [0.15, 0.2) is 23.0 Å². The summed E-state index contributed by atoms with van der Waals surface area (Å²) in [6, 6.07) is 9.79. The summed E-state index contributed by atoms with van der Waals surface area (Å²) in [5, 5.41) is 43.6. The van der Waals surface area contributed by atoms with Crippen LogP contribution in [0.3, 0.4) is 0 Å². The number of Topliss-reactive ketones (excluding diaryl/α,β-unsaturated/α-hetero) is 4. The molecule has 3 aliphatic rings. The lowest BCUT2D eigenvalue weighted by molar-refractivity contribution is -0.144. The van der Waals surface area contributed by atoms with Crippen molar-refractivity contribution in [3.05, 3.63) is 75.8 Å². The van der Waals surface area contributed by atoms with Gasteiger partial charge in [-0.25, -0.2) is 0 Å². The molecular formula is C29H26O9. The minimum Gasteiger partial charge on any atom is -0.511 e. The van der Waals surface area contributed by atoms with Crippen molar-refractivity contribution in [1.29, 1.82) is 0 Å². The average molecular weight is 519 g/mol. The maximum absolute atomic E-state index is 13.7. The Morgan fingerprint density at radius 2 is 1.82 bits per heavy atom. The van der Waals surface area contributed by atoms with Crippen LogP contribution in [-0.2, 0) is 20.7 Å². The van der Waals surface area contributed by atoms with E-state index < -0.39 is 51.9 Å². The van der Waals surface area contributed by atoms with Gasteiger partial charge in [-0.05, 0) is 54.5 Å². The van der Waals surface area contributed by atoms with E-state index in [2.05, 4.69) is 0 Å². The van der Waals surface area contributed by atoms with Crippen molar-refractivity contribution in [2.24, 2.45) is 11.8 Å². The first kappa shape index (κ1) is 25.6. The molecule has 9 nitrogen and oxygen atoms in total. The van der Waals surface area contributed by atoms with E-state index in [4.69, 9.17) is 4.74 Å². The van der Waals surface area contributed by atoms with Gasteiger partial charge in [0.1, 0.15) is 29.4 Å². The van der Waals surface area contributed by atoms with Crippen LogP contribution in [0, 0.1) is 11.8 Å². The van der Waals surface area contributed by atoms with Gasteiger partial charge in [-0.3, -0.25) is 19.2 Å². The second-order valence-corrected chi connectivity index (χ2v) is 10.0. The Balaban J connectivity index is 1.64. The normalized spacial score (nSPS) is 24.6. The molecule has 0 amide bonds. The number of carbonyl (C=O) groups is 4. The summed E-state index contributed by atoms with van der Waals surface area (Å²) in [7, 11) is 1.42. The summed E-state index contributed by atoms with van der Waals surface area (Å²) in [4.78, 5) is 51.2. The largest absolute Gasteiger partial charge is 0.511 e. The van der Waals surface area contributed by atoms with E-state index in [1.54, 1.807) is 30.3 Å². The Hall–Kier alpha value is -4.08. The number of benzene rings is 2. The molecule has 3 aliphatic carbocycles. The summed E-state index contributed by atoms with van der Waals surface area (Å²) < 4.78 is 4.94. The van der Waals surface area contributed by atoms with Gasteiger partial charge in [0.05, 0.1) is 5.56 Å². The maximum Gasteiger partial charge on any atom is 0.209 e. The van der Waals surface area contributed by atoms with Gasteiger partial charge in [-0.2, -0.15) is 0 Å². The fraction of sp³-hybridized carbons (Fsp3) is 0.310. The fourth-order valence-electron chi connectivity index (χ4n) is 6.07. The molecule has 5 rings (SSSR count). The molecule has 0 bridgehead atoms. The van der Waals surface area contributed by atoms with E-state index in [1.807, 2.05) is 0 Å². The van der Waals surface area contributed by atoms with Gasteiger partial charge < -0.3 is 25.2 Å². The van der Waals surface area contributed by atoms with Crippen LogP contribution in [0.15, 0.2) is 59.1 Å². The number of fused-ring (bicyclic) bond motifs is 3. The first-order valence-electron chi connectivity index (χ1n) is 12.2. The molecule has 9 heteroatoms. The van der Waals surface area contributed by atoms with Crippen LogP contribution in [0.4, 0.5) is 0 Å². The van der Waals surface area contributed by atoms with Crippen molar-refractivity contribution >= 4 is 23.1 Å². The van der Waals surface area contributed by atoms with Crippen molar-refractivity contribution in [1.82, 2.24) is 0 Å². The average Bonchev–Trinajstić information content (AvgIpc) is 2.86. The Morgan fingerprint density at radius 1 is 1.08 bits per heavy atom. The van der Waals surface area contributed by atoms with Crippen LogP contribution in [0.25, 0.3) is 11.1 Å². The highest BCUT2D eigenvalue weighted by Gasteiger charge is 2.59. The van der Waals surface area contributed by atoms with Crippen molar-refractivity contribution < 1.29 is 44.3 Å². The summed E-state index contributed by atoms with van der Waals surface area (Å²) in [5.74, 6) is -6.07. The predicted octanol–water partition coefficient (Wildman–Crippen LogP) is 3.18. The molecule has 0 fully saturated rings. The molecule has 0 saturated carbocycles. The highest BCUT2D eigenvalue weighted by molar-refractivity contribution is 6.25. The molecular weight excluding hydrogens is 492 g/mol. The maximum atomic E-state index is 13.7. The molecule has 0 heterocycles. The number of methoxy groups -OCH3 is 1. The highest BCUT2D eigenvalue weighted by atomic mass is 16.5. The van der Waals surface area contributed by atoms with E-state index in [-0.39, 0.29) is 48.5 Å². The number of carbonyl (C=O) groups excluding carboxylic acids is 4. The molecule has 0 spiro atoms. The lowest BCUT2D eigenvalue weighted by atomic mass is 9.60. The minimum absolute atomic E-state index is 0.0654. The number of aliphatic hydroxyl groups is 3. The third-order valence-corrected chi connectivity index (χ3v) is 7.82. The number of ketones is 4. The van der Waals surface area contributed by atoms with Crippen LogP contribution >= 0.6 is 0 Å². The number of aliphatic hydroxyl groups excluding tert-OH is 2. The summed E-state index contributed by atoms with van der Waals surface area (Å²) in [6.07, 6.45) is 0.0391. The zero-order valence-corrected chi connectivity index (χ0v) is 20.8. The predicted molar refractivity (Wildman–Crippen MR) is 134 cm³/mol. The molecule has 4 N–H and O–H groups in total. The number of rotatable bonds is 5. The van der Waals surface area contributed by atoms with Gasteiger partial charge in [0.2, 0.25) is 5.78 Å². The highest BCUT2D eigenvalue weighted by Crippen LogP contribution is 2.52. The van der Waals surface area contributed by atoms with Crippen LogP contribution in [0.5, 0.6) is 5.75 Å². The Kier molecular flexibility index (Phi) is 6.08. The zero-order chi connectivity index (χ0) is 27.5. The lowest BCUT2D eigenvalue weighted by Gasteiger charge is -2.45. The van der Waals surface area contributed by atoms with Crippen LogP contribution in [0.1, 0.15) is 46.0 Å². The molecule has 0 aromatic heterocycles. The first-order chi connectivity index (χ1) is 18.0. The minimum atomic E-state index is -2.53. The lowest BCUT2D eigenvalue weighted by Crippen LogP contribution is -2.56. The van der Waals surface area contributed by atoms with Gasteiger partial charge in [-0.1, -0.05) is 24.3 Å². The second kappa shape index (κ2) is 9.04. The number of allylic oxidation sites excluding steroid dienone is 2. The molecule has 0 saturated heterocycles. The Morgan fingerprint density at radius 3 is 2.50 bits per heavy atom. The first-order valence-corrected chi connectivity index (χ1v) is 12.2. The molecule has 196 valence electrons. The van der Waals surface area contributed by atoms with Gasteiger partial charge in [0.25, 0.3) is 0 Å². The van der Waals surface area contributed by atoms with Gasteiger partial charge >= 0.3 is 0 Å². The smallest absolute Gasteiger partial charge is 0.209 e. The molecule has 3 atom stereocenters. The van der Waals surface area contributed by atoms with Gasteiger partial charge in [0, 0.05) is 30.6 Å². The number of aromatic hydroxyl groups is 1. The SMILES string of the molecule is COCC(=O)c1cccc(-c2ccc(O)c3c2C[C@H]2C[C@H]4CC(O)=C(C(C)=O)C(=O)[C@@]4(O)C(O)=C2C3=O)c1. The number of hydrogen-bond donors (Lipinski definition) is 4. The van der Waals surface area contributed by atoms with Crippen LogP contribution in [0.2, 0.25) is 0 Å². The van der Waals surface area contributed by atoms with E-state index in [9.17, 15) is 39.6 Å². The van der Waals surface area contributed by atoms with Crippen LogP contribution in [-0.4, -0.2) is 62.9 Å². The molecule has 0 aliphatic heterocycles. The standard InChI is InChI=1S/C29H26O9/c1-13(30)23-21(32)11-17-9-16-10-19-18(14-4-3-5-15(8-14)22(33)12-38-2)6-7-20(31)25(19)26(34)24(16)28(36)29(17,37)27(23)35/h3-8,16-17,31-32,36-37H,9-12H2,1-2H3/t16-,17+,29-/m1/s1. The topological polar surface area (TPSA) is 158 Å². The van der Waals surface area contributed by atoms with Crippen LogP contribution < -0.4 is 0 Å². The van der Waals surface area contributed by atoms with Crippen molar-refractivity contribution in [2.45, 2.75) is 31.8 Å². The molecule has 0 unspecified atom stereocenters. The van der Waals surface area contributed by atoms with Gasteiger partial charge in [-0.15, -0.1) is 0 Å². The third kappa shape index (κ3) is 3.61. The van der Waals surface area contributed by atoms with Crippen molar-refractivity contribution in [3.63, 3.8) is 0 Å². The molecule has 0 radical (unpaired) electrons. The Labute approximate surface area is 217 Å². The summed E-state index contributed by atoms with van der Waals surface area (Å²) >= 11 is 0. The molecule has 2 aromatic carbocycles. The zero-order valence-electron chi connectivity index (χ0n) is 20.8. The monoisotopic (exact) mass is 518 g/mol. The van der Waals surface area contributed by atoms with Crippen molar-refractivity contribution in [2.75, 3.05) is 13.7 Å². The molecule has 38 heavy (non-hydrogen) atoms.